The Hall–Kier alpha value is -0.900. The quantitative estimate of drug-likeness (QED) is 0.782. The van der Waals surface area contributed by atoms with Crippen LogP contribution in [-0.2, 0) is 9.59 Å². The predicted molar refractivity (Wildman–Crippen MR) is 70.0 cm³/mol. The van der Waals surface area contributed by atoms with Crippen molar-refractivity contribution in [2.75, 3.05) is 6.54 Å². The van der Waals surface area contributed by atoms with E-state index in [0.717, 1.165) is 19.3 Å². The molecule has 0 bridgehead atoms. The van der Waals surface area contributed by atoms with E-state index in [9.17, 15) is 14.7 Å². The van der Waals surface area contributed by atoms with Crippen LogP contribution in [0.5, 0.6) is 0 Å². The monoisotopic (exact) mass is 255 g/mol. The smallest absolute Gasteiger partial charge is 0.223 e. The average molecular weight is 255 g/mol. The normalized spacial score (nSPS) is 24.3. The highest BCUT2D eigenvalue weighted by atomic mass is 16.3. The van der Waals surface area contributed by atoms with Crippen LogP contribution in [0.4, 0.5) is 0 Å². The molecule has 3 atom stereocenters. The highest BCUT2D eigenvalue weighted by Gasteiger charge is 2.29. The van der Waals surface area contributed by atoms with Crippen molar-refractivity contribution < 1.29 is 14.7 Å². The van der Waals surface area contributed by atoms with Crippen molar-refractivity contribution >= 4 is 11.7 Å². The van der Waals surface area contributed by atoms with Gasteiger partial charge < -0.3 is 10.4 Å². The van der Waals surface area contributed by atoms with Gasteiger partial charge in [-0.15, -0.1) is 0 Å². The lowest BCUT2D eigenvalue weighted by atomic mass is 9.86. The van der Waals surface area contributed by atoms with Gasteiger partial charge in [-0.2, -0.15) is 0 Å². The molecule has 0 saturated carbocycles. The zero-order chi connectivity index (χ0) is 13.7. The molecule has 104 valence electrons. The summed E-state index contributed by atoms with van der Waals surface area (Å²) < 4.78 is 0. The Morgan fingerprint density at radius 3 is 2.67 bits per heavy atom. The fourth-order valence-corrected chi connectivity index (χ4v) is 2.22. The summed E-state index contributed by atoms with van der Waals surface area (Å²) in [6.07, 6.45) is 1.92. The minimum Gasteiger partial charge on any atom is -0.385 e. The molecule has 4 nitrogen and oxygen atoms in total. The van der Waals surface area contributed by atoms with Gasteiger partial charge in [-0.25, -0.2) is 0 Å². The third-order valence-electron chi connectivity index (χ3n) is 3.98. The number of ketones is 1. The van der Waals surface area contributed by atoms with E-state index in [0.29, 0.717) is 6.54 Å². The lowest BCUT2D eigenvalue weighted by Gasteiger charge is -2.22. The lowest BCUT2D eigenvalue weighted by Crippen LogP contribution is -2.36. The van der Waals surface area contributed by atoms with Crippen LogP contribution < -0.4 is 5.32 Å². The maximum atomic E-state index is 12.0. The van der Waals surface area contributed by atoms with E-state index in [4.69, 9.17) is 0 Å². The highest BCUT2D eigenvalue weighted by molar-refractivity contribution is 5.89. The second-order valence-corrected chi connectivity index (χ2v) is 5.70. The van der Waals surface area contributed by atoms with Gasteiger partial charge in [0, 0.05) is 18.9 Å². The summed E-state index contributed by atoms with van der Waals surface area (Å²) >= 11 is 0. The van der Waals surface area contributed by atoms with Gasteiger partial charge in [0.2, 0.25) is 5.91 Å². The summed E-state index contributed by atoms with van der Waals surface area (Å²) in [4.78, 5) is 23.7. The summed E-state index contributed by atoms with van der Waals surface area (Å²) in [6.45, 7) is 6.55. The average Bonchev–Trinajstić information content (AvgIpc) is 2.53. The fourth-order valence-electron chi connectivity index (χ4n) is 2.22. The summed E-state index contributed by atoms with van der Waals surface area (Å²) in [6, 6.07) is 0. The van der Waals surface area contributed by atoms with Crippen molar-refractivity contribution in [3.05, 3.63) is 0 Å². The predicted octanol–water partition coefficient (Wildman–Crippen LogP) is 1.51. The van der Waals surface area contributed by atoms with E-state index in [1.54, 1.807) is 0 Å². The number of rotatable bonds is 5. The molecule has 0 aromatic carbocycles. The summed E-state index contributed by atoms with van der Waals surface area (Å²) in [5.74, 6) is -0.296. The van der Waals surface area contributed by atoms with E-state index < -0.39 is 6.10 Å². The second-order valence-electron chi connectivity index (χ2n) is 5.70. The summed E-state index contributed by atoms with van der Waals surface area (Å²) in [5.41, 5.74) is 0. The number of hydrogen-bond acceptors (Lipinski definition) is 3. The van der Waals surface area contributed by atoms with Crippen LogP contribution in [0, 0.1) is 17.8 Å². The first kappa shape index (κ1) is 15.2. The van der Waals surface area contributed by atoms with Gasteiger partial charge in [0.15, 0.2) is 5.78 Å². The van der Waals surface area contributed by atoms with E-state index in [2.05, 4.69) is 5.32 Å². The zero-order valence-electron chi connectivity index (χ0n) is 11.6. The molecule has 0 aromatic rings. The Balaban J connectivity index is 2.54. The third-order valence-corrected chi connectivity index (χ3v) is 3.98. The third kappa shape index (κ3) is 4.09. The molecule has 0 radical (unpaired) electrons. The first-order valence-corrected chi connectivity index (χ1v) is 6.92. The summed E-state index contributed by atoms with van der Waals surface area (Å²) in [5, 5.41) is 12.8. The van der Waals surface area contributed by atoms with Crippen molar-refractivity contribution in [1.82, 2.24) is 5.32 Å². The first-order valence-electron chi connectivity index (χ1n) is 6.92. The number of Topliss-reactive ketones (excluding diaryl/α,β-unsaturated/α-hetero) is 1. The number of carbonyl (C=O) groups is 2. The van der Waals surface area contributed by atoms with Gasteiger partial charge in [-0.05, 0) is 24.7 Å². The summed E-state index contributed by atoms with van der Waals surface area (Å²) in [7, 11) is 0. The Bertz CT molecular complexity index is 301. The van der Waals surface area contributed by atoms with Crippen molar-refractivity contribution in [1.29, 1.82) is 0 Å². The molecule has 1 rings (SSSR count). The van der Waals surface area contributed by atoms with Crippen molar-refractivity contribution in [3.8, 4) is 0 Å². The Morgan fingerprint density at radius 1 is 1.39 bits per heavy atom. The number of aliphatic hydroxyl groups excluding tert-OH is 1. The Labute approximate surface area is 109 Å². The number of carbonyl (C=O) groups excluding carboxylic acids is 2. The molecule has 18 heavy (non-hydrogen) atoms. The number of nitrogens with one attached hydrogen (secondary N) is 1. The standard InChI is InChI=1S/C14H25NO3/c1-9(2)10(3)13(17)12(16)8-11-6-4-5-7-15-14(11)18/h9-11,13,17H,4-8H2,1-3H3,(H,15,18)/t10-,11+,13-/m0/s1. The van der Waals surface area contributed by atoms with Crippen LogP contribution in [0.3, 0.4) is 0 Å². The Morgan fingerprint density at radius 2 is 2.06 bits per heavy atom. The molecule has 0 aliphatic carbocycles. The van der Waals surface area contributed by atoms with Crippen LogP contribution in [0.25, 0.3) is 0 Å². The minimum absolute atomic E-state index is 0.0368. The second kappa shape index (κ2) is 6.88. The highest BCUT2D eigenvalue weighted by Crippen LogP contribution is 2.21. The van der Waals surface area contributed by atoms with Gasteiger partial charge in [0.05, 0.1) is 0 Å². The molecule has 1 aliphatic heterocycles. The van der Waals surface area contributed by atoms with E-state index >= 15 is 0 Å². The lowest BCUT2D eigenvalue weighted by molar-refractivity contribution is -0.135. The fraction of sp³-hybridized carbons (Fsp3) is 0.857. The van der Waals surface area contributed by atoms with Crippen LogP contribution in [0.1, 0.15) is 46.5 Å². The van der Waals surface area contributed by atoms with Gasteiger partial charge in [-0.3, -0.25) is 9.59 Å². The number of amides is 1. The SMILES string of the molecule is CC(C)[C@H](C)[C@H](O)C(=O)C[C@H]1CCCCNC1=O. The Kier molecular flexibility index (Phi) is 5.79. The first-order chi connectivity index (χ1) is 8.43. The van der Waals surface area contributed by atoms with Gasteiger partial charge in [0.25, 0.3) is 0 Å². The molecular formula is C14H25NO3. The topological polar surface area (TPSA) is 66.4 Å². The maximum Gasteiger partial charge on any atom is 0.223 e. The molecule has 1 saturated heterocycles. The van der Waals surface area contributed by atoms with Gasteiger partial charge in [-0.1, -0.05) is 27.2 Å². The minimum atomic E-state index is -0.943. The largest absolute Gasteiger partial charge is 0.385 e. The maximum absolute atomic E-state index is 12.0. The molecule has 1 aliphatic rings. The number of hydrogen-bond donors (Lipinski definition) is 2. The van der Waals surface area contributed by atoms with E-state index in [-0.39, 0.29) is 35.9 Å². The molecule has 1 amide bonds. The zero-order valence-corrected chi connectivity index (χ0v) is 11.6. The molecule has 0 unspecified atom stereocenters. The molecule has 1 fully saturated rings. The van der Waals surface area contributed by atoms with Gasteiger partial charge in [0.1, 0.15) is 6.10 Å². The van der Waals surface area contributed by atoms with Crippen molar-refractivity contribution in [2.24, 2.45) is 17.8 Å². The van der Waals surface area contributed by atoms with Gasteiger partial charge >= 0.3 is 0 Å². The molecule has 2 N–H and O–H groups in total. The van der Waals surface area contributed by atoms with E-state index in [1.807, 2.05) is 20.8 Å². The van der Waals surface area contributed by atoms with Crippen LogP contribution in [-0.4, -0.2) is 29.4 Å². The molecule has 1 heterocycles. The molecule has 0 spiro atoms. The number of aliphatic hydroxyl groups is 1. The van der Waals surface area contributed by atoms with E-state index in [1.165, 1.54) is 0 Å². The van der Waals surface area contributed by atoms with Crippen LogP contribution >= 0.6 is 0 Å². The molecule has 0 aromatic heterocycles. The molecule has 4 heteroatoms. The van der Waals surface area contributed by atoms with Crippen LogP contribution in [0.2, 0.25) is 0 Å². The molecular weight excluding hydrogens is 230 g/mol. The van der Waals surface area contributed by atoms with Crippen molar-refractivity contribution in [2.45, 2.75) is 52.6 Å². The van der Waals surface area contributed by atoms with Crippen LogP contribution in [0.15, 0.2) is 0 Å². The van der Waals surface area contributed by atoms with Crippen molar-refractivity contribution in [3.63, 3.8) is 0 Å².